The summed E-state index contributed by atoms with van der Waals surface area (Å²) in [7, 11) is 2.24. The van der Waals surface area contributed by atoms with Crippen LogP contribution in [0.1, 0.15) is 30.4 Å². The van der Waals surface area contributed by atoms with Crippen LogP contribution in [0.4, 0.5) is 5.69 Å². The van der Waals surface area contributed by atoms with Gasteiger partial charge in [0, 0.05) is 24.8 Å². The van der Waals surface area contributed by atoms with Gasteiger partial charge >= 0.3 is 0 Å². The van der Waals surface area contributed by atoms with Crippen LogP contribution < -0.4 is 5.73 Å². The standard InChI is InChI=1S/C16H25N3/c1-18-9-3-5-14(7-10-18)19-11-8-15-13(12-19)4-2-6-16(15)17/h2,4,6,14H,3,5,7-12,17H2,1H3. The minimum absolute atomic E-state index is 0.763. The maximum Gasteiger partial charge on any atom is 0.0350 e. The zero-order chi connectivity index (χ0) is 13.2. The monoisotopic (exact) mass is 259 g/mol. The number of likely N-dealkylation sites (tertiary alicyclic amines) is 1. The summed E-state index contributed by atoms with van der Waals surface area (Å²) in [5.41, 5.74) is 9.91. The summed E-state index contributed by atoms with van der Waals surface area (Å²) in [6.07, 6.45) is 5.12. The van der Waals surface area contributed by atoms with Crippen LogP contribution in [0, 0.1) is 0 Å². The predicted molar refractivity (Wildman–Crippen MR) is 80.1 cm³/mol. The van der Waals surface area contributed by atoms with E-state index in [1.54, 1.807) is 0 Å². The van der Waals surface area contributed by atoms with Crippen LogP contribution in [0.15, 0.2) is 18.2 Å². The Morgan fingerprint density at radius 3 is 2.95 bits per heavy atom. The molecule has 1 atom stereocenters. The molecule has 2 aliphatic rings. The molecule has 3 rings (SSSR count). The van der Waals surface area contributed by atoms with E-state index in [0.717, 1.165) is 24.7 Å². The molecule has 0 saturated carbocycles. The Balaban J connectivity index is 1.71. The summed E-state index contributed by atoms with van der Waals surface area (Å²) >= 11 is 0. The fourth-order valence-corrected chi connectivity index (χ4v) is 3.56. The van der Waals surface area contributed by atoms with Gasteiger partial charge in [0.1, 0.15) is 0 Å². The molecule has 3 nitrogen and oxygen atoms in total. The topological polar surface area (TPSA) is 32.5 Å². The van der Waals surface area contributed by atoms with Gasteiger partial charge in [0.25, 0.3) is 0 Å². The molecule has 1 fully saturated rings. The quantitative estimate of drug-likeness (QED) is 0.784. The molecular weight excluding hydrogens is 234 g/mol. The Labute approximate surface area is 116 Å². The summed E-state index contributed by atoms with van der Waals surface area (Å²) < 4.78 is 0. The summed E-state index contributed by atoms with van der Waals surface area (Å²) in [6, 6.07) is 7.15. The van der Waals surface area contributed by atoms with Gasteiger partial charge in [-0.25, -0.2) is 0 Å². The van der Waals surface area contributed by atoms with E-state index in [9.17, 15) is 0 Å². The molecule has 0 bridgehead atoms. The average molecular weight is 259 g/mol. The molecule has 1 unspecified atom stereocenters. The molecule has 1 aromatic rings. The highest BCUT2D eigenvalue weighted by molar-refractivity contribution is 5.51. The molecule has 104 valence electrons. The first-order chi connectivity index (χ1) is 9.24. The molecule has 3 heteroatoms. The van der Waals surface area contributed by atoms with Crippen LogP contribution in [0.5, 0.6) is 0 Å². The van der Waals surface area contributed by atoms with E-state index in [1.165, 1.54) is 50.0 Å². The van der Waals surface area contributed by atoms with Crippen LogP contribution in [0.3, 0.4) is 0 Å². The molecular formula is C16H25N3. The molecule has 0 aromatic heterocycles. The highest BCUT2D eigenvalue weighted by Crippen LogP contribution is 2.27. The molecule has 2 N–H and O–H groups in total. The molecule has 1 aromatic carbocycles. The Bertz CT molecular complexity index is 444. The lowest BCUT2D eigenvalue weighted by Gasteiger charge is -2.35. The first kappa shape index (κ1) is 12.9. The smallest absolute Gasteiger partial charge is 0.0350 e. The van der Waals surface area contributed by atoms with E-state index in [0.29, 0.717) is 0 Å². The Morgan fingerprint density at radius 1 is 1.16 bits per heavy atom. The van der Waals surface area contributed by atoms with Crippen molar-refractivity contribution in [1.82, 2.24) is 9.80 Å². The number of nitrogens with two attached hydrogens (primary N) is 1. The molecule has 19 heavy (non-hydrogen) atoms. The number of hydrogen-bond acceptors (Lipinski definition) is 3. The van der Waals surface area contributed by atoms with Gasteiger partial charge in [-0.05, 0) is 63.0 Å². The van der Waals surface area contributed by atoms with Gasteiger partial charge in [-0.3, -0.25) is 4.90 Å². The van der Waals surface area contributed by atoms with E-state index >= 15 is 0 Å². The Hall–Kier alpha value is -1.06. The predicted octanol–water partition coefficient (Wildman–Crippen LogP) is 2.11. The highest BCUT2D eigenvalue weighted by atomic mass is 15.2. The van der Waals surface area contributed by atoms with E-state index in [1.807, 2.05) is 6.07 Å². The number of hydrogen-bond donors (Lipinski definition) is 1. The lowest BCUT2D eigenvalue weighted by atomic mass is 9.95. The van der Waals surface area contributed by atoms with Gasteiger partial charge in [0.2, 0.25) is 0 Å². The molecule has 2 aliphatic heterocycles. The molecule has 1 saturated heterocycles. The number of fused-ring (bicyclic) bond motifs is 1. The fourth-order valence-electron chi connectivity index (χ4n) is 3.56. The second-order valence-electron chi connectivity index (χ2n) is 6.09. The zero-order valence-corrected chi connectivity index (χ0v) is 11.9. The van der Waals surface area contributed by atoms with Crippen molar-refractivity contribution >= 4 is 5.69 Å². The number of anilines is 1. The van der Waals surface area contributed by atoms with Crippen LogP contribution in [-0.4, -0.2) is 42.5 Å². The van der Waals surface area contributed by atoms with Gasteiger partial charge in [0.05, 0.1) is 0 Å². The largest absolute Gasteiger partial charge is 0.398 e. The van der Waals surface area contributed by atoms with Gasteiger partial charge in [-0.15, -0.1) is 0 Å². The van der Waals surface area contributed by atoms with E-state index in [4.69, 9.17) is 5.73 Å². The van der Waals surface area contributed by atoms with Crippen molar-refractivity contribution < 1.29 is 0 Å². The SMILES string of the molecule is CN1CCCC(N2CCc3c(N)cccc3C2)CC1. The summed E-state index contributed by atoms with van der Waals surface area (Å²) in [6.45, 7) is 4.77. The third-order valence-electron chi connectivity index (χ3n) is 4.77. The van der Waals surface area contributed by atoms with Gasteiger partial charge < -0.3 is 10.6 Å². The maximum absolute atomic E-state index is 6.08. The first-order valence-electron chi connectivity index (χ1n) is 7.53. The second kappa shape index (κ2) is 5.51. The minimum Gasteiger partial charge on any atom is -0.398 e. The molecule has 0 radical (unpaired) electrons. The lowest BCUT2D eigenvalue weighted by molar-refractivity contribution is 0.162. The van der Waals surface area contributed by atoms with Crippen molar-refractivity contribution in [3.63, 3.8) is 0 Å². The molecule has 0 spiro atoms. The van der Waals surface area contributed by atoms with Gasteiger partial charge in [-0.1, -0.05) is 12.1 Å². The molecule has 2 heterocycles. The average Bonchev–Trinajstić information content (AvgIpc) is 2.63. The molecule has 0 amide bonds. The first-order valence-corrected chi connectivity index (χ1v) is 7.53. The number of nitrogen functional groups attached to an aromatic ring is 1. The van der Waals surface area contributed by atoms with E-state index < -0.39 is 0 Å². The van der Waals surface area contributed by atoms with Crippen molar-refractivity contribution in [2.75, 3.05) is 32.4 Å². The van der Waals surface area contributed by atoms with Crippen LogP contribution in [0.2, 0.25) is 0 Å². The fraction of sp³-hybridized carbons (Fsp3) is 0.625. The van der Waals surface area contributed by atoms with E-state index in [-0.39, 0.29) is 0 Å². The van der Waals surface area contributed by atoms with Crippen molar-refractivity contribution in [1.29, 1.82) is 0 Å². The van der Waals surface area contributed by atoms with Crippen molar-refractivity contribution in [3.05, 3.63) is 29.3 Å². The Kier molecular flexibility index (Phi) is 3.76. The second-order valence-corrected chi connectivity index (χ2v) is 6.09. The van der Waals surface area contributed by atoms with Crippen LogP contribution in [-0.2, 0) is 13.0 Å². The zero-order valence-electron chi connectivity index (χ0n) is 11.9. The number of nitrogens with zero attached hydrogens (tertiary/aromatic N) is 2. The summed E-state index contributed by atoms with van der Waals surface area (Å²) in [5.74, 6) is 0. The normalized spacial score (nSPS) is 25.8. The Morgan fingerprint density at radius 2 is 2.05 bits per heavy atom. The van der Waals surface area contributed by atoms with Crippen LogP contribution in [0.25, 0.3) is 0 Å². The third-order valence-corrected chi connectivity index (χ3v) is 4.77. The van der Waals surface area contributed by atoms with Gasteiger partial charge in [-0.2, -0.15) is 0 Å². The number of rotatable bonds is 1. The van der Waals surface area contributed by atoms with Crippen molar-refractivity contribution in [2.45, 2.75) is 38.3 Å². The van der Waals surface area contributed by atoms with Crippen molar-refractivity contribution in [2.24, 2.45) is 0 Å². The van der Waals surface area contributed by atoms with E-state index in [2.05, 4.69) is 29.0 Å². The summed E-state index contributed by atoms with van der Waals surface area (Å²) in [5, 5.41) is 0. The van der Waals surface area contributed by atoms with Crippen LogP contribution >= 0.6 is 0 Å². The maximum atomic E-state index is 6.08. The number of benzene rings is 1. The van der Waals surface area contributed by atoms with Crippen molar-refractivity contribution in [3.8, 4) is 0 Å². The third kappa shape index (κ3) is 2.77. The molecule has 0 aliphatic carbocycles. The highest BCUT2D eigenvalue weighted by Gasteiger charge is 2.25. The van der Waals surface area contributed by atoms with Gasteiger partial charge in [0.15, 0.2) is 0 Å². The lowest BCUT2D eigenvalue weighted by Crippen LogP contribution is -2.40. The summed E-state index contributed by atoms with van der Waals surface area (Å²) in [4.78, 5) is 5.15. The minimum atomic E-state index is 0.763.